The van der Waals surface area contributed by atoms with Crippen molar-refractivity contribution in [2.75, 3.05) is 20.2 Å². The Morgan fingerprint density at radius 1 is 1.22 bits per heavy atom. The van der Waals surface area contributed by atoms with Crippen molar-refractivity contribution in [1.29, 1.82) is 0 Å². The van der Waals surface area contributed by atoms with Gasteiger partial charge in [0, 0.05) is 24.5 Å². The number of benzene rings is 1. The zero-order valence-corrected chi connectivity index (χ0v) is 14.7. The average Bonchev–Trinajstić information content (AvgIpc) is 2.52. The molecule has 126 valence electrons. The molecule has 0 aliphatic heterocycles. The highest BCUT2D eigenvalue weighted by Gasteiger charge is 2.01. The second kappa shape index (κ2) is 9.03. The van der Waals surface area contributed by atoms with Crippen molar-refractivity contribution >= 4 is 5.57 Å². The number of methoxy groups -OCH3 is 1. The number of rotatable bonds is 8. The highest BCUT2D eigenvalue weighted by atomic mass is 19.1. The van der Waals surface area contributed by atoms with Gasteiger partial charge in [0.1, 0.15) is 11.6 Å². The molecule has 23 heavy (non-hydrogen) atoms. The van der Waals surface area contributed by atoms with Gasteiger partial charge in [0.25, 0.3) is 0 Å². The number of hydrogen-bond donors (Lipinski definition) is 2. The summed E-state index contributed by atoms with van der Waals surface area (Å²) in [5, 5.41) is 6.53. The minimum atomic E-state index is -0.181. The zero-order chi connectivity index (χ0) is 17.4. The molecule has 0 bridgehead atoms. The van der Waals surface area contributed by atoms with E-state index in [0.29, 0.717) is 5.56 Å². The monoisotopic (exact) mass is 318 g/mol. The van der Waals surface area contributed by atoms with Crippen LogP contribution in [0.4, 0.5) is 4.39 Å². The van der Waals surface area contributed by atoms with Crippen LogP contribution in [0, 0.1) is 12.7 Å². The van der Waals surface area contributed by atoms with E-state index >= 15 is 0 Å². The first-order chi connectivity index (χ1) is 10.8. The summed E-state index contributed by atoms with van der Waals surface area (Å²) in [7, 11) is 1.66. The van der Waals surface area contributed by atoms with Crippen LogP contribution in [-0.2, 0) is 4.74 Å². The van der Waals surface area contributed by atoms with Crippen molar-refractivity contribution in [3.05, 3.63) is 65.0 Å². The summed E-state index contributed by atoms with van der Waals surface area (Å²) >= 11 is 0. The average molecular weight is 318 g/mol. The Morgan fingerprint density at radius 3 is 2.48 bits per heavy atom. The number of nitrogens with one attached hydrogen (secondary N) is 2. The van der Waals surface area contributed by atoms with E-state index in [1.807, 2.05) is 32.9 Å². The summed E-state index contributed by atoms with van der Waals surface area (Å²) in [4.78, 5) is 0. The van der Waals surface area contributed by atoms with Crippen LogP contribution in [0.2, 0.25) is 0 Å². The van der Waals surface area contributed by atoms with Gasteiger partial charge in [-0.25, -0.2) is 4.39 Å². The van der Waals surface area contributed by atoms with E-state index in [-0.39, 0.29) is 5.82 Å². The predicted octanol–water partition coefficient (Wildman–Crippen LogP) is 4.13. The third-order valence-corrected chi connectivity index (χ3v) is 3.71. The van der Waals surface area contributed by atoms with Gasteiger partial charge in [0.05, 0.1) is 7.11 Å². The van der Waals surface area contributed by atoms with Crippen LogP contribution in [0.3, 0.4) is 0 Å². The molecule has 0 atom stereocenters. The maximum Gasteiger partial charge on any atom is 0.126 e. The second-order valence-corrected chi connectivity index (χ2v) is 5.56. The topological polar surface area (TPSA) is 33.3 Å². The maximum absolute atomic E-state index is 13.3. The molecular formula is C19H27FN2O. The van der Waals surface area contributed by atoms with Crippen LogP contribution in [0.5, 0.6) is 0 Å². The van der Waals surface area contributed by atoms with Crippen molar-refractivity contribution in [1.82, 2.24) is 10.6 Å². The minimum absolute atomic E-state index is 0.181. The Kier molecular flexibility index (Phi) is 7.39. The smallest absolute Gasteiger partial charge is 0.126 e. The van der Waals surface area contributed by atoms with Gasteiger partial charge in [-0.3, -0.25) is 0 Å². The van der Waals surface area contributed by atoms with Gasteiger partial charge in [-0.05, 0) is 62.6 Å². The Hall–Kier alpha value is -2.23. The van der Waals surface area contributed by atoms with Gasteiger partial charge in [-0.1, -0.05) is 12.6 Å². The number of hydrogen-bond acceptors (Lipinski definition) is 3. The van der Waals surface area contributed by atoms with E-state index in [2.05, 4.69) is 17.2 Å². The van der Waals surface area contributed by atoms with Crippen molar-refractivity contribution < 1.29 is 9.13 Å². The molecule has 3 nitrogen and oxygen atoms in total. The molecule has 0 radical (unpaired) electrons. The SMILES string of the molecule is C=C(/C=C(\C)c1ccc(F)c(C)c1)NCCN/C(C)=C(/C)OC. The molecule has 0 aromatic heterocycles. The fourth-order valence-electron chi connectivity index (χ4n) is 2.04. The van der Waals surface area contributed by atoms with Crippen LogP contribution in [0.15, 0.2) is 48.0 Å². The first-order valence-corrected chi connectivity index (χ1v) is 7.68. The molecule has 0 heterocycles. The number of allylic oxidation sites excluding steroid dienone is 4. The molecule has 0 amide bonds. The molecule has 0 saturated heterocycles. The standard InChI is InChI=1S/C19H27FN2O/c1-13(18-7-8-19(20)14(2)12-18)11-15(3)21-9-10-22-16(4)17(5)23-6/h7-8,11-12,21-22H,3,9-10H2,1-2,4-6H3/b13-11+,17-16-. The van der Waals surface area contributed by atoms with Crippen LogP contribution in [-0.4, -0.2) is 20.2 Å². The van der Waals surface area contributed by atoms with E-state index in [1.165, 1.54) is 6.07 Å². The molecule has 0 unspecified atom stereocenters. The van der Waals surface area contributed by atoms with Crippen LogP contribution in [0.1, 0.15) is 31.9 Å². The van der Waals surface area contributed by atoms with Crippen molar-refractivity contribution in [3.63, 3.8) is 0 Å². The number of halogens is 1. The summed E-state index contributed by atoms with van der Waals surface area (Å²) in [6.45, 7) is 13.2. The first-order valence-electron chi connectivity index (χ1n) is 7.68. The van der Waals surface area contributed by atoms with Gasteiger partial charge in [-0.2, -0.15) is 0 Å². The quantitative estimate of drug-likeness (QED) is 0.429. The fourth-order valence-corrected chi connectivity index (χ4v) is 2.04. The summed E-state index contributed by atoms with van der Waals surface area (Å²) in [5.74, 6) is 0.700. The van der Waals surface area contributed by atoms with Gasteiger partial charge in [0.15, 0.2) is 0 Å². The molecule has 4 heteroatoms. The van der Waals surface area contributed by atoms with Crippen LogP contribution < -0.4 is 10.6 Å². The third kappa shape index (κ3) is 6.19. The van der Waals surface area contributed by atoms with E-state index in [4.69, 9.17) is 4.74 Å². The molecule has 0 aliphatic rings. The first kappa shape index (κ1) is 18.8. The van der Waals surface area contributed by atoms with E-state index in [9.17, 15) is 4.39 Å². The highest BCUT2D eigenvalue weighted by Crippen LogP contribution is 2.18. The van der Waals surface area contributed by atoms with Gasteiger partial charge < -0.3 is 15.4 Å². The third-order valence-electron chi connectivity index (χ3n) is 3.71. The summed E-state index contributed by atoms with van der Waals surface area (Å²) in [6.07, 6.45) is 1.97. The second-order valence-electron chi connectivity index (χ2n) is 5.56. The van der Waals surface area contributed by atoms with Crippen LogP contribution in [0.25, 0.3) is 5.57 Å². The van der Waals surface area contributed by atoms with Gasteiger partial charge in [-0.15, -0.1) is 0 Å². The lowest BCUT2D eigenvalue weighted by Gasteiger charge is -2.12. The molecular weight excluding hydrogens is 291 g/mol. The number of aryl methyl sites for hydroxylation is 1. The van der Waals surface area contributed by atoms with Gasteiger partial charge >= 0.3 is 0 Å². The molecule has 0 spiro atoms. The maximum atomic E-state index is 13.3. The molecule has 0 saturated carbocycles. The summed E-state index contributed by atoms with van der Waals surface area (Å²) < 4.78 is 18.5. The Labute approximate surface area is 138 Å². The molecule has 0 aliphatic carbocycles. The molecule has 1 aromatic rings. The zero-order valence-electron chi connectivity index (χ0n) is 14.7. The molecule has 0 fully saturated rings. The molecule has 1 rings (SSSR count). The van der Waals surface area contributed by atoms with E-state index in [1.54, 1.807) is 20.1 Å². The minimum Gasteiger partial charge on any atom is -0.500 e. The van der Waals surface area contributed by atoms with E-state index < -0.39 is 0 Å². The van der Waals surface area contributed by atoms with Crippen molar-refractivity contribution in [2.24, 2.45) is 0 Å². The lowest BCUT2D eigenvalue weighted by atomic mass is 10.0. The number of ether oxygens (including phenoxy) is 1. The van der Waals surface area contributed by atoms with Crippen LogP contribution >= 0.6 is 0 Å². The predicted molar refractivity (Wildman–Crippen MR) is 95.3 cm³/mol. The summed E-state index contributed by atoms with van der Waals surface area (Å²) in [6, 6.07) is 5.12. The largest absolute Gasteiger partial charge is 0.500 e. The van der Waals surface area contributed by atoms with Gasteiger partial charge in [0.2, 0.25) is 0 Å². The fraction of sp³-hybridized carbons (Fsp3) is 0.368. The lowest BCUT2D eigenvalue weighted by molar-refractivity contribution is 0.285. The van der Waals surface area contributed by atoms with Crippen molar-refractivity contribution in [3.8, 4) is 0 Å². The Balaban J connectivity index is 2.50. The van der Waals surface area contributed by atoms with E-state index in [0.717, 1.165) is 41.4 Å². The normalized spacial score (nSPS) is 12.5. The Morgan fingerprint density at radius 2 is 1.87 bits per heavy atom. The highest BCUT2D eigenvalue weighted by molar-refractivity contribution is 5.66. The lowest BCUT2D eigenvalue weighted by Crippen LogP contribution is -2.25. The molecule has 1 aromatic carbocycles. The Bertz CT molecular complexity index is 618. The van der Waals surface area contributed by atoms with Crippen molar-refractivity contribution in [2.45, 2.75) is 27.7 Å². The molecule has 2 N–H and O–H groups in total. The summed E-state index contributed by atoms with van der Waals surface area (Å²) in [5.41, 5.74) is 4.54.